The summed E-state index contributed by atoms with van der Waals surface area (Å²) in [7, 11) is 1.57. The van der Waals surface area contributed by atoms with E-state index in [2.05, 4.69) is 0 Å². The Morgan fingerprint density at radius 2 is 1.73 bits per heavy atom. The van der Waals surface area contributed by atoms with Crippen LogP contribution in [0.5, 0.6) is 0 Å². The summed E-state index contributed by atoms with van der Waals surface area (Å²) in [5.41, 5.74) is 19.7. The molecule has 0 fully saturated rings. The molecule has 6 N–H and O–H groups in total. The lowest BCUT2D eigenvalue weighted by Crippen LogP contribution is -2.10. The van der Waals surface area contributed by atoms with Gasteiger partial charge in [-0.1, -0.05) is 0 Å². The monoisotopic (exact) mass is 208 g/mol. The summed E-state index contributed by atoms with van der Waals surface area (Å²) in [6.45, 7) is 1.73. The summed E-state index contributed by atoms with van der Waals surface area (Å²) < 4.78 is 6.35. The van der Waals surface area contributed by atoms with Crippen molar-refractivity contribution in [1.29, 1.82) is 0 Å². The lowest BCUT2D eigenvalue weighted by atomic mass is 10.1. The second-order valence-corrected chi connectivity index (χ2v) is 3.47. The molecule has 0 spiro atoms. The van der Waals surface area contributed by atoms with E-state index >= 15 is 0 Å². The molecule has 0 aliphatic carbocycles. The molecule has 2 aromatic rings. The lowest BCUT2D eigenvalue weighted by molar-refractivity contribution is 0.526. The Labute approximate surface area is 85.2 Å². The van der Waals surface area contributed by atoms with E-state index in [0.29, 0.717) is 22.4 Å². The topological polar surface area (TPSA) is 113 Å². The molecule has 0 radical (unpaired) electrons. The van der Waals surface area contributed by atoms with Crippen molar-refractivity contribution in [2.24, 2.45) is 7.05 Å². The number of anilines is 3. The van der Waals surface area contributed by atoms with Gasteiger partial charge in [0.1, 0.15) is 5.52 Å². The Bertz CT molecular complexity index is 609. The largest absolute Gasteiger partial charge is 0.419 e. The third kappa shape index (κ3) is 1.01. The lowest BCUT2D eigenvalue weighted by Gasteiger charge is -2.08. The van der Waals surface area contributed by atoms with Gasteiger partial charge in [0.15, 0.2) is 5.58 Å². The molecular formula is C9H12N4O2. The summed E-state index contributed by atoms with van der Waals surface area (Å²) in [4.78, 5) is 11.3. The fraction of sp³-hybridized carbons (Fsp3) is 0.222. The molecule has 0 aliphatic rings. The summed E-state index contributed by atoms with van der Waals surface area (Å²) in [6, 6.07) is 0. The van der Waals surface area contributed by atoms with Gasteiger partial charge in [-0.2, -0.15) is 0 Å². The van der Waals surface area contributed by atoms with Crippen LogP contribution in [0.25, 0.3) is 11.1 Å². The quantitative estimate of drug-likeness (QED) is 0.535. The standard InChI is InChI=1S/C9H12N4O2/c1-3-4(10)5(11)6(12)7-8(3)15-9(14)13(7)2/h10-12H2,1-2H3. The maximum atomic E-state index is 11.3. The zero-order valence-electron chi connectivity index (χ0n) is 8.50. The Morgan fingerprint density at radius 1 is 1.13 bits per heavy atom. The van der Waals surface area contributed by atoms with Crippen molar-refractivity contribution < 1.29 is 4.42 Å². The Hall–Kier alpha value is -2.11. The first-order chi connectivity index (χ1) is 6.95. The van der Waals surface area contributed by atoms with Crippen molar-refractivity contribution in [3.63, 3.8) is 0 Å². The van der Waals surface area contributed by atoms with Crippen molar-refractivity contribution in [2.45, 2.75) is 6.92 Å². The average Bonchev–Trinajstić information content (AvgIpc) is 2.50. The van der Waals surface area contributed by atoms with Crippen LogP contribution in [0.4, 0.5) is 17.1 Å². The molecular weight excluding hydrogens is 196 g/mol. The molecule has 1 aromatic carbocycles. The van der Waals surface area contributed by atoms with Crippen LogP contribution in [0.15, 0.2) is 9.21 Å². The summed E-state index contributed by atoms with van der Waals surface area (Å²) in [5, 5.41) is 0. The molecule has 6 nitrogen and oxygen atoms in total. The Kier molecular flexibility index (Phi) is 1.69. The number of aryl methyl sites for hydroxylation is 2. The minimum atomic E-state index is -0.482. The number of benzene rings is 1. The fourth-order valence-corrected chi connectivity index (χ4v) is 1.60. The van der Waals surface area contributed by atoms with Gasteiger partial charge in [0.05, 0.1) is 17.1 Å². The van der Waals surface area contributed by atoms with Gasteiger partial charge in [-0.15, -0.1) is 0 Å². The second kappa shape index (κ2) is 2.69. The number of nitrogens with two attached hydrogens (primary N) is 3. The number of fused-ring (bicyclic) bond motifs is 1. The Morgan fingerprint density at radius 3 is 2.33 bits per heavy atom. The maximum Gasteiger partial charge on any atom is 0.419 e. The third-order valence-electron chi connectivity index (χ3n) is 2.59. The summed E-state index contributed by atoms with van der Waals surface area (Å²) in [6.07, 6.45) is 0. The van der Waals surface area contributed by atoms with E-state index in [1.165, 1.54) is 4.57 Å². The van der Waals surface area contributed by atoms with Gasteiger partial charge in [0.25, 0.3) is 0 Å². The number of nitrogens with zero attached hydrogens (tertiary/aromatic N) is 1. The number of hydrogen-bond donors (Lipinski definition) is 3. The van der Waals surface area contributed by atoms with Gasteiger partial charge in [0.2, 0.25) is 0 Å². The van der Waals surface area contributed by atoms with Gasteiger partial charge < -0.3 is 21.6 Å². The number of aromatic nitrogens is 1. The number of hydrogen-bond acceptors (Lipinski definition) is 5. The van der Waals surface area contributed by atoms with E-state index in [-0.39, 0.29) is 11.4 Å². The maximum absolute atomic E-state index is 11.3. The minimum absolute atomic E-state index is 0.279. The molecule has 0 saturated carbocycles. The van der Waals surface area contributed by atoms with Crippen molar-refractivity contribution in [3.8, 4) is 0 Å². The van der Waals surface area contributed by atoms with Crippen LogP contribution >= 0.6 is 0 Å². The highest BCUT2D eigenvalue weighted by Crippen LogP contribution is 2.35. The van der Waals surface area contributed by atoms with Gasteiger partial charge in [-0.3, -0.25) is 4.57 Å². The van der Waals surface area contributed by atoms with E-state index in [4.69, 9.17) is 21.6 Å². The average molecular weight is 208 g/mol. The number of nitrogen functional groups attached to an aromatic ring is 3. The van der Waals surface area contributed by atoms with Gasteiger partial charge in [0, 0.05) is 12.6 Å². The van der Waals surface area contributed by atoms with Crippen LogP contribution in [0.2, 0.25) is 0 Å². The summed E-state index contributed by atoms with van der Waals surface area (Å²) >= 11 is 0. The van der Waals surface area contributed by atoms with Gasteiger partial charge >= 0.3 is 5.76 Å². The molecule has 80 valence electrons. The first-order valence-electron chi connectivity index (χ1n) is 4.37. The van der Waals surface area contributed by atoms with E-state index in [0.717, 1.165) is 0 Å². The molecule has 6 heteroatoms. The molecule has 0 atom stereocenters. The smallest absolute Gasteiger partial charge is 0.407 e. The van der Waals surface area contributed by atoms with Crippen LogP contribution < -0.4 is 23.0 Å². The van der Waals surface area contributed by atoms with Crippen molar-refractivity contribution >= 4 is 28.2 Å². The highest BCUT2D eigenvalue weighted by atomic mass is 16.4. The van der Waals surface area contributed by atoms with Crippen molar-refractivity contribution in [1.82, 2.24) is 4.57 Å². The number of rotatable bonds is 0. The molecule has 0 amide bonds. The molecule has 1 heterocycles. The minimum Gasteiger partial charge on any atom is -0.407 e. The molecule has 1 aromatic heterocycles. The second-order valence-electron chi connectivity index (χ2n) is 3.47. The number of oxazole rings is 1. The SMILES string of the molecule is Cc1c(N)c(N)c(N)c2c1oc(=O)n2C. The van der Waals surface area contributed by atoms with E-state index < -0.39 is 5.76 Å². The molecule has 0 saturated heterocycles. The first kappa shape index (κ1) is 9.45. The zero-order chi connectivity index (χ0) is 11.3. The Balaban J connectivity index is 3.14. The fourth-order valence-electron chi connectivity index (χ4n) is 1.60. The summed E-state index contributed by atoms with van der Waals surface area (Å²) in [5.74, 6) is -0.482. The van der Waals surface area contributed by atoms with Crippen molar-refractivity contribution in [2.75, 3.05) is 17.2 Å². The first-order valence-corrected chi connectivity index (χ1v) is 4.37. The van der Waals surface area contributed by atoms with E-state index in [1.54, 1.807) is 14.0 Å². The highest BCUT2D eigenvalue weighted by molar-refractivity contribution is 6.01. The molecule has 15 heavy (non-hydrogen) atoms. The van der Waals surface area contributed by atoms with Crippen LogP contribution in [-0.2, 0) is 7.05 Å². The predicted molar refractivity (Wildman–Crippen MR) is 59.4 cm³/mol. The molecule has 0 unspecified atom stereocenters. The van der Waals surface area contributed by atoms with Crippen LogP contribution in [0, 0.1) is 6.92 Å². The van der Waals surface area contributed by atoms with Crippen LogP contribution in [0.1, 0.15) is 5.56 Å². The zero-order valence-corrected chi connectivity index (χ0v) is 8.50. The highest BCUT2D eigenvalue weighted by Gasteiger charge is 2.17. The van der Waals surface area contributed by atoms with E-state index in [9.17, 15) is 4.79 Å². The third-order valence-corrected chi connectivity index (χ3v) is 2.59. The van der Waals surface area contributed by atoms with Gasteiger partial charge in [-0.05, 0) is 6.92 Å². The molecule has 2 rings (SSSR count). The van der Waals surface area contributed by atoms with Crippen LogP contribution in [-0.4, -0.2) is 4.57 Å². The van der Waals surface area contributed by atoms with Crippen LogP contribution in [0.3, 0.4) is 0 Å². The predicted octanol–water partition coefficient (Wildman–Crippen LogP) is 0.187. The van der Waals surface area contributed by atoms with Gasteiger partial charge in [-0.25, -0.2) is 4.79 Å². The molecule has 0 bridgehead atoms. The van der Waals surface area contributed by atoms with E-state index in [1.807, 2.05) is 0 Å². The molecule has 0 aliphatic heterocycles. The van der Waals surface area contributed by atoms with Crippen molar-refractivity contribution in [3.05, 3.63) is 16.1 Å². The normalized spacial score (nSPS) is 11.1.